The van der Waals surface area contributed by atoms with Crippen LogP contribution in [0.4, 0.5) is 4.79 Å². The molecule has 0 aliphatic carbocycles. The van der Waals surface area contributed by atoms with Gasteiger partial charge in [-0.2, -0.15) is 0 Å². The smallest absolute Gasteiger partial charge is 0.407 e. The zero-order chi connectivity index (χ0) is 16.2. The van der Waals surface area contributed by atoms with Crippen LogP contribution in [0.3, 0.4) is 0 Å². The second-order valence-electron chi connectivity index (χ2n) is 6.72. The van der Waals surface area contributed by atoms with E-state index < -0.39 is 5.60 Å². The number of nitrogens with one attached hydrogen (secondary N) is 2. The van der Waals surface area contributed by atoms with Gasteiger partial charge < -0.3 is 20.1 Å². The number of carbonyl (C=O) groups excluding carboxylic acids is 1. The standard InChI is InChI=1S/C17H26N2O3/c1-12(9-18-16(20)22-17(2,3)4)19-15-11-21-10-13-7-5-6-8-14(13)15/h5-8,12,15,19H,9-11H2,1-4H3,(H,18,20). The summed E-state index contributed by atoms with van der Waals surface area (Å²) in [6.45, 7) is 9.41. The van der Waals surface area contributed by atoms with Crippen molar-refractivity contribution in [3.63, 3.8) is 0 Å². The fraction of sp³-hybridized carbons (Fsp3) is 0.588. The third-order valence-electron chi connectivity index (χ3n) is 3.41. The van der Waals surface area contributed by atoms with Crippen molar-refractivity contribution in [2.24, 2.45) is 0 Å². The molecule has 2 atom stereocenters. The minimum Gasteiger partial charge on any atom is -0.444 e. The number of ether oxygens (including phenoxy) is 2. The van der Waals surface area contributed by atoms with Gasteiger partial charge in [0, 0.05) is 12.6 Å². The molecule has 1 heterocycles. The molecule has 0 radical (unpaired) electrons. The molecule has 1 aliphatic rings. The molecule has 2 unspecified atom stereocenters. The molecule has 1 amide bonds. The van der Waals surface area contributed by atoms with Crippen LogP contribution >= 0.6 is 0 Å². The lowest BCUT2D eigenvalue weighted by atomic mass is 9.98. The molecule has 0 fully saturated rings. The Hall–Kier alpha value is -1.59. The Morgan fingerprint density at radius 2 is 2.14 bits per heavy atom. The molecular formula is C17H26N2O3. The third-order valence-corrected chi connectivity index (χ3v) is 3.41. The first-order chi connectivity index (χ1) is 10.3. The average Bonchev–Trinajstić information content (AvgIpc) is 2.44. The molecule has 22 heavy (non-hydrogen) atoms. The van der Waals surface area contributed by atoms with Gasteiger partial charge in [-0.3, -0.25) is 0 Å². The van der Waals surface area contributed by atoms with Gasteiger partial charge in [-0.05, 0) is 38.8 Å². The minimum atomic E-state index is -0.475. The van der Waals surface area contributed by atoms with Gasteiger partial charge in [0.1, 0.15) is 5.60 Å². The van der Waals surface area contributed by atoms with Crippen molar-refractivity contribution in [1.29, 1.82) is 0 Å². The van der Waals surface area contributed by atoms with Gasteiger partial charge in [0.25, 0.3) is 0 Å². The molecule has 1 aromatic rings. The lowest BCUT2D eigenvalue weighted by Crippen LogP contribution is -2.44. The highest BCUT2D eigenvalue weighted by Crippen LogP contribution is 2.24. The van der Waals surface area contributed by atoms with E-state index in [9.17, 15) is 4.79 Å². The van der Waals surface area contributed by atoms with Crippen molar-refractivity contribution >= 4 is 6.09 Å². The molecule has 2 N–H and O–H groups in total. The molecule has 1 aromatic carbocycles. The summed E-state index contributed by atoms with van der Waals surface area (Å²) in [5.41, 5.74) is 2.02. The van der Waals surface area contributed by atoms with Crippen LogP contribution in [0.1, 0.15) is 44.9 Å². The SMILES string of the molecule is CC(CNC(=O)OC(C)(C)C)NC1COCc2ccccc21. The number of amides is 1. The van der Waals surface area contributed by atoms with Crippen LogP contribution in [0.25, 0.3) is 0 Å². The van der Waals surface area contributed by atoms with Gasteiger partial charge in [-0.1, -0.05) is 24.3 Å². The molecule has 0 saturated heterocycles. The maximum atomic E-state index is 11.7. The molecule has 5 heteroatoms. The highest BCUT2D eigenvalue weighted by atomic mass is 16.6. The number of alkyl carbamates (subject to hydrolysis) is 1. The normalized spacial score (nSPS) is 19.2. The summed E-state index contributed by atoms with van der Waals surface area (Å²) in [6.07, 6.45) is -0.388. The summed E-state index contributed by atoms with van der Waals surface area (Å²) in [4.78, 5) is 11.7. The van der Waals surface area contributed by atoms with Gasteiger partial charge in [0.2, 0.25) is 0 Å². The number of benzene rings is 1. The van der Waals surface area contributed by atoms with E-state index in [4.69, 9.17) is 9.47 Å². The van der Waals surface area contributed by atoms with Gasteiger partial charge in [0.15, 0.2) is 0 Å². The van der Waals surface area contributed by atoms with E-state index in [1.54, 1.807) is 0 Å². The summed E-state index contributed by atoms with van der Waals surface area (Å²) < 4.78 is 10.9. The first-order valence-corrected chi connectivity index (χ1v) is 7.73. The van der Waals surface area contributed by atoms with E-state index in [2.05, 4.69) is 22.8 Å². The summed E-state index contributed by atoms with van der Waals surface area (Å²) in [7, 11) is 0. The lowest BCUT2D eigenvalue weighted by molar-refractivity contribution is 0.0516. The Bertz CT molecular complexity index is 511. The quantitative estimate of drug-likeness (QED) is 0.898. The van der Waals surface area contributed by atoms with E-state index in [-0.39, 0.29) is 18.2 Å². The highest BCUT2D eigenvalue weighted by molar-refractivity contribution is 5.67. The second-order valence-corrected chi connectivity index (χ2v) is 6.72. The van der Waals surface area contributed by atoms with Crippen LogP contribution in [-0.4, -0.2) is 30.9 Å². The zero-order valence-electron chi connectivity index (χ0n) is 13.8. The van der Waals surface area contributed by atoms with Crippen LogP contribution in [-0.2, 0) is 16.1 Å². The summed E-state index contributed by atoms with van der Waals surface area (Å²) in [5.74, 6) is 0. The minimum absolute atomic E-state index is 0.118. The van der Waals surface area contributed by atoms with Crippen molar-refractivity contribution in [3.8, 4) is 0 Å². The predicted molar refractivity (Wildman–Crippen MR) is 85.7 cm³/mol. The van der Waals surface area contributed by atoms with Gasteiger partial charge in [-0.15, -0.1) is 0 Å². The van der Waals surface area contributed by atoms with Crippen molar-refractivity contribution < 1.29 is 14.3 Å². The molecule has 0 spiro atoms. The van der Waals surface area contributed by atoms with Crippen LogP contribution in [0, 0.1) is 0 Å². The van der Waals surface area contributed by atoms with Crippen LogP contribution in [0.15, 0.2) is 24.3 Å². The van der Waals surface area contributed by atoms with Crippen molar-refractivity contribution in [1.82, 2.24) is 10.6 Å². The molecule has 2 rings (SSSR count). The maximum absolute atomic E-state index is 11.7. The van der Waals surface area contributed by atoms with Crippen molar-refractivity contribution in [3.05, 3.63) is 35.4 Å². The fourth-order valence-electron chi connectivity index (χ4n) is 2.47. The molecule has 0 bridgehead atoms. The molecule has 122 valence electrons. The number of hydrogen-bond donors (Lipinski definition) is 2. The van der Waals surface area contributed by atoms with Crippen molar-refractivity contribution in [2.45, 2.75) is 52.0 Å². The fourth-order valence-corrected chi connectivity index (χ4v) is 2.47. The largest absolute Gasteiger partial charge is 0.444 e. The third kappa shape index (κ3) is 5.00. The Morgan fingerprint density at radius 1 is 1.41 bits per heavy atom. The van der Waals surface area contributed by atoms with E-state index >= 15 is 0 Å². The molecular weight excluding hydrogens is 280 g/mol. The average molecular weight is 306 g/mol. The summed E-state index contributed by atoms with van der Waals surface area (Å²) in [5, 5.41) is 6.29. The maximum Gasteiger partial charge on any atom is 0.407 e. The Balaban J connectivity index is 1.83. The Labute approximate surface area is 132 Å². The summed E-state index contributed by atoms with van der Waals surface area (Å²) in [6, 6.07) is 8.56. The van der Waals surface area contributed by atoms with E-state index in [0.717, 1.165) is 0 Å². The van der Waals surface area contributed by atoms with Crippen LogP contribution < -0.4 is 10.6 Å². The monoisotopic (exact) mass is 306 g/mol. The van der Waals surface area contributed by atoms with Crippen LogP contribution in [0.5, 0.6) is 0 Å². The Morgan fingerprint density at radius 3 is 2.86 bits per heavy atom. The van der Waals surface area contributed by atoms with Gasteiger partial charge in [0.05, 0.1) is 19.3 Å². The molecule has 0 saturated carbocycles. The first-order valence-electron chi connectivity index (χ1n) is 7.73. The predicted octanol–water partition coefficient (Wildman–Crippen LogP) is 2.76. The highest BCUT2D eigenvalue weighted by Gasteiger charge is 2.22. The topological polar surface area (TPSA) is 59.6 Å². The number of hydrogen-bond acceptors (Lipinski definition) is 4. The zero-order valence-corrected chi connectivity index (χ0v) is 13.8. The van der Waals surface area contributed by atoms with Gasteiger partial charge in [-0.25, -0.2) is 4.79 Å². The van der Waals surface area contributed by atoms with Crippen LogP contribution in [0.2, 0.25) is 0 Å². The first kappa shape index (κ1) is 16.8. The van der Waals surface area contributed by atoms with Crippen molar-refractivity contribution in [2.75, 3.05) is 13.2 Å². The number of carbonyl (C=O) groups is 1. The number of fused-ring (bicyclic) bond motifs is 1. The number of rotatable bonds is 4. The molecule has 5 nitrogen and oxygen atoms in total. The molecule has 0 aromatic heterocycles. The van der Waals surface area contributed by atoms with E-state index in [0.29, 0.717) is 19.8 Å². The van der Waals surface area contributed by atoms with E-state index in [1.165, 1.54) is 11.1 Å². The van der Waals surface area contributed by atoms with E-state index in [1.807, 2.05) is 39.8 Å². The molecule has 1 aliphatic heterocycles. The second kappa shape index (κ2) is 7.11. The lowest BCUT2D eigenvalue weighted by Gasteiger charge is -2.29. The Kier molecular flexibility index (Phi) is 5.42. The van der Waals surface area contributed by atoms with Gasteiger partial charge >= 0.3 is 6.09 Å². The summed E-state index contributed by atoms with van der Waals surface area (Å²) >= 11 is 0.